The Bertz CT molecular complexity index is 740. The highest BCUT2D eigenvalue weighted by atomic mass is 32.2. The molecule has 1 unspecified atom stereocenters. The van der Waals surface area contributed by atoms with Gasteiger partial charge in [0.25, 0.3) is 5.91 Å². The van der Waals surface area contributed by atoms with Crippen LogP contribution in [0.25, 0.3) is 0 Å². The molecule has 2 rings (SSSR count). The molecular formula is C15H19NO5S. The fourth-order valence-corrected chi connectivity index (χ4v) is 3.62. The number of carbonyl (C=O) groups excluding carboxylic acids is 1. The van der Waals surface area contributed by atoms with E-state index in [2.05, 4.69) is 0 Å². The summed E-state index contributed by atoms with van der Waals surface area (Å²) in [5, 5.41) is 9.21. The molecule has 1 fully saturated rings. The Morgan fingerprint density at radius 2 is 1.95 bits per heavy atom. The third-order valence-corrected chi connectivity index (χ3v) is 5.35. The summed E-state index contributed by atoms with van der Waals surface area (Å²) in [6.45, 7) is 3.76. The maximum atomic E-state index is 12.5. The van der Waals surface area contributed by atoms with Crippen molar-refractivity contribution in [1.82, 2.24) is 4.90 Å². The summed E-state index contributed by atoms with van der Waals surface area (Å²) in [6.07, 6.45) is 1.49. The summed E-state index contributed by atoms with van der Waals surface area (Å²) >= 11 is 0. The van der Waals surface area contributed by atoms with Crippen LogP contribution in [0.15, 0.2) is 23.1 Å². The number of aliphatic carboxylic acids is 1. The van der Waals surface area contributed by atoms with Crippen molar-refractivity contribution in [2.45, 2.75) is 25.2 Å². The number of carboxylic acid groups (broad SMARTS) is 1. The lowest BCUT2D eigenvalue weighted by atomic mass is 9.90. The molecule has 0 aliphatic carbocycles. The second-order valence-electron chi connectivity index (χ2n) is 6.09. The monoisotopic (exact) mass is 325 g/mol. The molecule has 22 heavy (non-hydrogen) atoms. The lowest BCUT2D eigenvalue weighted by Crippen LogP contribution is -2.34. The van der Waals surface area contributed by atoms with Gasteiger partial charge in [-0.3, -0.25) is 9.59 Å². The highest BCUT2D eigenvalue weighted by Gasteiger charge is 2.42. The van der Waals surface area contributed by atoms with Crippen molar-refractivity contribution in [2.24, 2.45) is 5.41 Å². The molecule has 1 amide bonds. The summed E-state index contributed by atoms with van der Waals surface area (Å²) in [7, 11) is -3.41. The Kier molecular flexibility index (Phi) is 4.04. The first kappa shape index (κ1) is 16.5. The number of carboxylic acids is 1. The number of amides is 1. The number of rotatable bonds is 3. The Balaban J connectivity index is 2.31. The van der Waals surface area contributed by atoms with Gasteiger partial charge in [0.1, 0.15) is 0 Å². The van der Waals surface area contributed by atoms with Crippen molar-refractivity contribution in [3.05, 3.63) is 29.3 Å². The molecule has 1 aromatic carbocycles. The largest absolute Gasteiger partial charge is 0.481 e. The number of likely N-dealkylation sites (tertiary alicyclic amines) is 1. The SMILES string of the molecule is Cc1ccc(C(=O)N2CCC(C)(C(=O)O)C2)cc1S(C)(=O)=O. The third-order valence-electron chi connectivity index (χ3n) is 4.11. The lowest BCUT2D eigenvalue weighted by Gasteiger charge is -2.20. The Labute approximate surface area is 129 Å². The van der Waals surface area contributed by atoms with Crippen LogP contribution < -0.4 is 0 Å². The van der Waals surface area contributed by atoms with Crippen LogP contribution in [-0.2, 0) is 14.6 Å². The fraction of sp³-hybridized carbons (Fsp3) is 0.467. The molecule has 1 aliphatic heterocycles. The van der Waals surface area contributed by atoms with Gasteiger partial charge in [-0.05, 0) is 38.0 Å². The topological polar surface area (TPSA) is 91.8 Å². The second-order valence-corrected chi connectivity index (χ2v) is 8.08. The number of carbonyl (C=O) groups is 2. The van der Waals surface area contributed by atoms with Gasteiger partial charge >= 0.3 is 5.97 Å². The molecule has 1 atom stereocenters. The Hall–Kier alpha value is -1.89. The molecular weight excluding hydrogens is 306 g/mol. The fourth-order valence-electron chi connectivity index (χ4n) is 2.62. The van der Waals surface area contributed by atoms with E-state index in [-0.39, 0.29) is 22.9 Å². The zero-order valence-corrected chi connectivity index (χ0v) is 13.6. The predicted molar refractivity (Wildman–Crippen MR) is 80.6 cm³/mol. The molecule has 0 radical (unpaired) electrons. The number of hydrogen-bond acceptors (Lipinski definition) is 4. The summed E-state index contributed by atoms with van der Waals surface area (Å²) in [6, 6.07) is 4.53. The number of benzene rings is 1. The van der Waals surface area contributed by atoms with E-state index >= 15 is 0 Å². The van der Waals surface area contributed by atoms with E-state index in [4.69, 9.17) is 0 Å². The summed E-state index contributed by atoms with van der Waals surface area (Å²) < 4.78 is 23.5. The van der Waals surface area contributed by atoms with Crippen LogP contribution in [0.3, 0.4) is 0 Å². The molecule has 120 valence electrons. The number of sulfone groups is 1. The van der Waals surface area contributed by atoms with Gasteiger partial charge in [-0.2, -0.15) is 0 Å². The average Bonchev–Trinajstić information content (AvgIpc) is 2.81. The molecule has 6 nitrogen and oxygen atoms in total. The molecule has 1 aliphatic rings. The van der Waals surface area contributed by atoms with Crippen LogP contribution in [0.4, 0.5) is 0 Å². The minimum Gasteiger partial charge on any atom is -0.481 e. The van der Waals surface area contributed by atoms with E-state index in [0.29, 0.717) is 18.5 Å². The van der Waals surface area contributed by atoms with Crippen LogP contribution >= 0.6 is 0 Å². The molecule has 1 heterocycles. The van der Waals surface area contributed by atoms with Crippen LogP contribution in [0.5, 0.6) is 0 Å². The highest BCUT2D eigenvalue weighted by Crippen LogP contribution is 2.31. The quantitative estimate of drug-likeness (QED) is 0.905. The third kappa shape index (κ3) is 2.99. The lowest BCUT2D eigenvalue weighted by molar-refractivity contribution is -0.147. The van der Waals surface area contributed by atoms with E-state index in [1.165, 1.54) is 11.0 Å². The normalized spacial score (nSPS) is 21.9. The summed E-state index contributed by atoms with van der Waals surface area (Å²) in [4.78, 5) is 25.3. The molecule has 0 saturated carbocycles. The first-order chi connectivity index (χ1) is 10.0. The first-order valence-corrected chi connectivity index (χ1v) is 8.77. The van der Waals surface area contributed by atoms with Crippen LogP contribution in [0.1, 0.15) is 29.3 Å². The van der Waals surface area contributed by atoms with Gasteiger partial charge in [-0.25, -0.2) is 8.42 Å². The predicted octanol–water partition coefficient (Wildman–Crippen LogP) is 1.34. The molecule has 1 aromatic rings. The molecule has 1 N–H and O–H groups in total. The Morgan fingerprint density at radius 3 is 2.45 bits per heavy atom. The van der Waals surface area contributed by atoms with Crippen LogP contribution in [0, 0.1) is 12.3 Å². The van der Waals surface area contributed by atoms with Crippen molar-refractivity contribution >= 4 is 21.7 Å². The number of nitrogens with zero attached hydrogens (tertiary/aromatic N) is 1. The average molecular weight is 325 g/mol. The molecule has 1 saturated heterocycles. The van der Waals surface area contributed by atoms with Crippen molar-refractivity contribution in [2.75, 3.05) is 19.3 Å². The van der Waals surface area contributed by atoms with E-state index in [1.807, 2.05) is 0 Å². The molecule has 0 bridgehead atoms. The van der Waals surface area contributed by atoms with Gasteiger partial charge < -0.3 is 10.0 Å². The minimum atomic E-state index is -3.41. The van der Waals surface area contributed by atoms with Gasteiger partial charge in [0.05, 0.1) is 10.3 Å². The standard InChI is InChI=1S/C15H19NO5S/c1-10-4-5-11(8-12(10)22(3,20)21)13(17)16-7-6-15(2,9-16)14(18)19/h4-5,8H,6-7,9H2,1-3H3,(H,18,19). The first-order valence-electron chi connectivity index (χ1n) is 6.88. The molecule has 0 aromatic heterocycles. The van der Waals surface area contributed by atoms with Crippen molar-refractivity contribution in [3.8, 4) is 0 Å². The number of hydrogen-bond donors (Lipinski definition) is 1. The second kappa shape index (κ2) is 5.39. The maximum absolute atomic E-state index is 12.5. The van der Waals surface area contributed by atoms with E-state index < -0.39 is 21.2 Å². The maximum Gasteiger partial charge on any atom is 0.311 e. The smallest absolute Gasteiger partial charge is 0.311 e. The molecule has 0 spiro atoms. The van der Waals surface area contributed by atoms with Gasteiger partial charge in [-0.1, -0.05) is 6.07 Å². The van der Waals surface area contributed by atoms with Gasteiger partial charge in [-0.15, -0.1) is 0 Å². The van der Waals surface area contributed by atoms with Gasteiger partial charge in [0.2, 0.25) is 0 Å². The zero-order chi connectivity index (χ0) is 16.7. The minimum absolute atomic E-state index is 0.124. The van der Waals surface area contributed by atoms with Crippen molar-refractivity contribution in [1.29, 1.82) is 0 Å². The highest BCUT2D eigenvalue weighted by molar-refractivity contribution is 7.90. The van der Waals surface area contributed by atoms with Gasteiger partial charge in [0, 0.05) is 24.9 Å². The zero-order valence-electron chi connectivity index (χ0n) is 12.8. The van der Waals surface area contributed by atoms with E-state index in [9.17, 15) is 23.1 Å². The summed E-state index contributed by atoms with van der Waals surface area (Å²) in [5.41, 5.74) is -0.100. The van der Waals surface area contributed by atoms with E-state index in [0.717, 1.165) is 6.26 Å². The molecule has 7 heteroatoms. The van der Waals surface area contributed by atoms with E-state index in [1.54, 1.807) is 26.0 Å². The van der Waals surface area contributed by atoms with Crippen LogP contribution in [-0.4, -0.2) is 49.6 Å². The Morgan fingerprint density at radius 1 is 1.32 bits per heavy atom. The number of aryl methyl sites for hydroxylation is 1. The van der Waals surface area contributed by atoms with Crippen LogP contribution in [0.2, 0.25) is 0 Å². The van der Waals surface area contributed by atoms with Crippen molar-refractivity contribution in [3.63, 3.8) is 0 Å². The van der Waals surface area contributed by atoms with Gasteiger partial charge in [0.15, 0.2) is 9.84 Å². The van der Waals surface area contributed by atoms with Crippen molar-refractivity contribution < 1.29 is 23.1 Å². The summed E-state index contributed by atoms with van der Waals surface area (Å²) in [5.74, 6) is -1.27.